The van der Waals surface area contributed by atoms with Crippen LogP contribution in [0.15, 0.2) is 60.7 Å². The standard InChI is InChI=1S/C15H18NO2P/c16-11-14(19(17)18)15(12-7-3-1-4-8-12)13-9-5-2-6-10-13/h1-10,14-15,19H,11,16H2,(H,17,18). The molecule has 19 heavy (non-hydrogen) atoms. The van der Waals surface area contributed by atoms with Gasteiger partial charge in [0.1, 0.15) is 0 Å². The highest BCUT2D eigenvalue weighted by Gasteiger charge is 2.27. The monoisotopic (exact) mass is 275 g/mol. The average Bonchev–Trinajstić information content (AvgIpc) is 2.46. The third kappa shape index (κ3) is 3.32. The van der Waals surface area contributed by atoms with Gasteiger partial charge in [-0.25, -0.2) is 0 Å². The van der Waals surface area contributed by atoms with Crippen LogP contribution in [-0.2, 0) is 4.57 Å². The molecule has 0 saturated carbocycles. The Morgan fingerprint density at radius 2 is 1.37 bits per heavy atom. The largest absolute Gasteiger partial charge is 0.346 e. The zero-order valence-corrected chi connectivity index (χ0v) is 11.6. The average molecular weight is 275 g/mol. The van der Waals surface area contributed by atoms with Crippen molar-refractivity contribution in [3.05, 3.63) is 71.8 Å². The Hall–Kier alpha value is -1.41. The van der Waals surface area contributed by atoms with Crippen molar-refractivity contribution in [3.63, 3.8) is 0 Å². The van der Waals surface area contributed by atoms with Gasteiger partial charge in [0.15, 0.2) is 8.03 Å². The van der Waals surface area contributed by atoms with Crippen molar-refractivity contribution in [1.82, 2.24) is 0 Å². The summed E-state index contributed by atoms with van der Waals surface area (Å²) in [6.07, 6.45) is 0. The summed E-state index contributed by atoms with van der Waals surface area (Å²) in [5.41, 5.74) is 7.33. The smallest absolute Gasteiger partial charge is 0.194 e. The van der Waals surface area contributed by atoms with Gasteiger partial charge in [-0.1, -0.05) is 60.7 Å². The molecule has 0 fully saturated rings. The first-order valence-corrected chi connectivity index (χ1v) is 7.70. The van der Waals surface area contributed by atoms with Gasteiger partial charge in [0.05, 0.1) is 5.66 Å². The first kappa shape index (κ1) is 14.0. The first-order chi connectivity index (χ1) is 9.24. The van der Waals surface area contributed by atoms with E-state index in [0.717, 1.165) is 11.1 Å². The van der Waals surface area contributed by atoms with Crippen LogP contribution in [0, 0.1) is 0 Å². The predicted octanol–water partition coefficient (Wildman–Crippen LogP) is 2.61. The van der Waals surface area contributed by atoms with Crippen molar-refractivity contribution in [2.75, 3.05) is 6.54 Å². The van der Waals surface area contributed by atoms with E-state index in [1.165, 1.54) is 0 Å². The zero-order valence-electron chi connectivity index (χ0n) is 10.6. The molecular formula is C15H18NO2P. The number of hydrogen-bond acceptors (Lipinski definition) is 2. The Kier molecular flexibility index (Phi) is 4.92. The maximum Gasteiger partial charge on any atom is 0.194 e. The van der Waals surface area contributed by atoms with Crippen LogP contribution in [-0.4, -0.2) is 17.1 Å². The topological polar surface area (TPSA) is 63.3 Å². The lowest BCUT2D eigenvalue weighted by atomic mass is 9.88. The van der Waals surface area contributed by atoms with Crippen molar-refractivity contribution in [2.24, 2.45) is 5.73 Å². The van der Waals surface area contributed by atoms with E-state index >= 15 is 0 Å². The summed E-state index contributed by atoms with van der Waals surface area (Å²) in [6.45, 7) is 0.197. The number of hydrogen-bond donors (Lipinski definition) is 2. The van der Waals surface area contributed by atoms with Gasteiger partial charge >= 0.3 is 0 Å². The molecule has 0 aromatic heterocycles. The third-order valence-corrected chi connectivity index (χ3v) is 4.49. The minimum atomic E-state index is -2.69. The van der Waals surface area contributed by atoms with E-state index in [1.807, 2.05) is 60.7 Å². The summed E-state index contributed by atoms with van der Waals surface area (Å²) < 4.78 is 11.6. The second kappa shape index (κ2) is 6.67. The molecule has 4 heteroatoms. The van der Waals surface area contributed by atoms with E-state index in [1.54, 1.807) is 0 Å². The van der Waals surface area contributed by atoms with Crippen molar-refractivity contribution >= 4 is 8.03 Å². The fourth-order valence-electron chi connectivity index (χ4n) is 2.36. The predicted molar refractivity (Wildman–Crippen MR) is 78.8 cm³/mol. The highest BCUT2D eigenvalue weighted by atomic mass is 31.1. The summed E-state index contributed by atoms with van der Waals surface area (Å²) in [6, 6.07) is 19.5. The Morgan fingerprint density at radius 3 is 1.68 bits per heavy atom. The van der Waals surface area contributed by atoms with E-state index in [9.17, 15) is 9.46 Å². The van der Waals surface area contributed by atoms with Gasteiger partial charge in [0.2, 0.25) is 0 Å². The van der Waals surface area contributed by atoms with Crippen LogP contribution in [0.1, 0.15) is 17.0 Å². The Labute approximate surface area is 114 Å². The lowest BCUT2D eigenvalue weighted by Crippen LogP contribution is -2.25. The minimum absolute atomic E-state index is 0.135. The SMILES string of the molecule is NCC(C(c1ccccc1)c1ccccc1)[PH](=O)O. The maximum absolute atomic E-state index is 11.6. The van der Waals surface area contributed by atoms with Crippen LogP contribution in [0.25, 0.3) is 0 Å². The molecule has 3 N–H and O–H groups in total. The van der Waals surface area contributed by atoms with Gasteiger partial charge in [-0.05, 0) is 11.1 Å². The zero-order chi connectivity index (χ0) is 13.7. The molecule has 0 aliphatic carbocycles. The first-order valence-electron chi connectivity index (χ1n) is 6.26. The van der Waals surface area contributed by atoms with Gasteiger partial charge in [-0.3, -0.25) is 4.57 Å². The molecule has 0 saturated heterocycles. The summed E-state index contributed by atoms with van der Waals surface area (Å²) in [7, 11) is -2.69. The molecule has 2 atom stereocenters. The summed E-state index contributed by atoms with van der Waals surface area (Å²) >= 11 is 0. The Morgan fingerprint density at radius 1 is 0.947 bits per heavy atom. The molecule has 0 spiro atoms. The van der Waals surface area contributed by atoms with Crippen molar-refractivity contribution < 1.29 is 9.46 Å². The molecule has 0 radical (unpaired) electrons. The lowest BCUT2D eigenvalue weighted by molar-refractivity contribution is 0.481. The highest BCUT2D eigenvalue weighted by molar-refractivity contribution is 7.39. The van der Waals surface area contributed by atoms with Crippen LogP contribution in [0.2, 0.25) is 0 Å². The van der Waals surface area contributed by atoms with Gasteiger partial charge < -0.3 is 10.6 Å². The van der Waals surface area contributed by atoms with Crippen LogP contribution in [0.5, 0.6) is 0 Å². The molecular weight excluding hydrogens is 257 g/mol. The molecule has 0 heterocycles. The van der Waals surface area contributed by atoms with Crippen LogP contribution in [0.3, 0.4) is 0 Å². The Bertz CT molecular complexity index is 491. The highest BCUT2D eigenvalue weighted by Crippen LogP contribution is 2.39. The molecule has 2 aromatic carbocycles. The number of rotatable bonds is 5. The number of nitrogens with two attached hydrogens (primary N) is 1. The molecule has 0 aliphatic heterocycles. The summed E-state index contributed by atoms with van der Waals surface area (Å²) in [4.78, 5) is 9.57. The van der Waals surface area contributed by atoms with E-state index in [2.05, 4.69) is 0 Å². The van der Waals surface area contributed by atoms with Gasteiger partial charge in [0.25, 0.3) is 0 Å². The fraction of sp³-hybridized carbons (Fsp3) is 0.200. The maximum atomic E-state index is 11.6. The van der Waals surface area contributed by atoms with Crippen LogP contribution < -0.4 is 5.73 Å². The lowest BCUT2D eigenvalue weighted by Gasteiger charge is -2.25. The fourth-order valence-corrected chi connectivity index (χ4v) is 3.23. The van der Waals surface area contributed by atoms with Crippen LogP contribution >= 0.6 is 8.03 Å². The van der Waals surface area contributed by atoms with E-state index < -0.39 is 13.7 Å². The summed E-state index contributed by atoms with van der Waals surface area (Å²) in [5, 5.41) is 0. The molecule has 0 bridgehead atoms. The molecule has 0 aliphatic rings. The van der Waals surface area contributed by atoms with Gasteiger partial charge in [0, 0.05) is 12.5 Å². The minimum Gasteiger partial charge on any atom is -0.346 e. The second-order valence-electron chi connectivity index (χ2n) is 4.48. The quantitative estimate of drug-likeness (QED) is 0.824. The third-order valence-electron chi connectivity index (χ3n) is 3.29. The molecule has 100 valence electrons. The molecule has 2 rings (SSSR count). The molecule has 2 unspecified atom stereocenters. The van der Waals surface area contributed by atoms with Crippen LogP contribution in [0.4, 0.5) is 0 Å². The number of benzene rings is 2. The molecule has 0 amide bonds. The van der Waals surface area contributed by atoms with Crippen molar-refractivity contribution in [2.45, 2.75) is 11.6 Å². The summed E-state index contributed by atoms with van der Waals surface area (Å²) in [5.74, 6) is -0.135. The van der Waals surface area contributed by atoms with E-state index in [0.29, 0.717) is 0 Å². The van der Waals surface area contributed by atoms with Crippen molar-refractivity contribution in [3.8, 4) is 0 Å². The van der Waals surface area contributed by atoms with E-state index in [-0.39, 0.29) is 12.5 Å². The normalized spacial score (nSPS) is 14.3. The molecule has 3 nitrogen and oxygen atoms in total. The second-order valence-corrected chi connectivity index (χ2v) is 5.90. The van der Waals surface area contributed by atoms with Crippen molar-refractivity contribution in [1.29, 1.82) is 0 Å². The van der Waals surface area contributed by atoms with E-state index in [4.69, 9.17) is 5.73 Å². The molecule has 2 aromatic rings. The van der Waals surface area contributed by atoms with Gasteiger partial charge in [-0.2, -0.15) is 0 Å². The van der Waals surface area contributed by atoms with Gasteiger partial charge in [-0.15, -0.1) is 0 Å². The Balaban J connectivity index is 2.48.